The second-order valence-electron chi connectivity index (χ2n) is 12.3. The van der Waals surface area contributed by atoms with Crippen LogP contribution in [0.4, 0.5) is 17.1 Å². The summed E-state index contributed by atoms with van der Waals surface area (Å²) in [5, 5.41) is 0. The van der Waals surface area contributed by atoms with Crippen LogP contribution in [0.5, 0.6) is 11.5 Å². The summed E-state index contributed by atoms with van der Waals surface area (Å²) in [6.07, 6.45) is 0. The van der Waals surface area contributed by atoms with Crippen molar-refractivity contribution in [3.63, 3.8) is 0 Å². The van der Waals surface area contributed by atoms with Gasteiger partial charge in [-0.3, -0.25) is 0 Å². The molecule has 1 aromatic heterocycles. The Bertz CT molecular complexity index is 2390. The highest BCUT2D eigenvalue weighted by Gasteiger charge is 2.27. The molecule has 0 radical (unpaired) electrons. The lowest BCUT2D eigenvalue weighted by Crippen LogP contribution is -2.15. The van der Waals surface area contributed by atoms with E-state index in [0.717, 1.165) is 78.9 Å². The zero-order valence-electron chi connectivity index (χ0n) is 27.1. The van der Waals surface area contributed by atoms with Crippen LogP contribution in [0.15, 0.2) is 188 Å². The lowest BCUT2D eigenvalue weighted by molar-refractivity contribution is 0.477. The minimum absolute atomic E-state index is 0.680. The lowest BCUT2D eigenvalue weighted by Gasteiger charge is -2.33. The van der Waals surface area contributed by atoms with Crippen molar-refractivity contribution in [1.29, 1.82) is 0 Å². The van der Waals surface area contributed by atoms with Gasteiger partial charge in [0.15, 0.2) is 17.3 Å². The number of benzene rings is 7. The maximum absolute atomic E-state index is 6.73. The molecule has 0 unspecified atom stereocenters. The van der Waals surface area contributed by atoms with Crippen molar-refractivity contribution in [1.82, 2.24) is 9.97 Å². The van der Waals surface area contributed by atoms with Crippen LogP contribution in [-0.4, -0.2) is 9.97 Å². The summed E-state index contributed by atoms with van der Waals surface area (Å²) >= 11 is 0. The van der Waals surface area contributed by atoms with Gasteiger partial charge in [0.05, 0.1) is 22.8 Å². The number of ether oxygens (including phenoxy) is 1. The average molecular weight is 642 g/mol. The van der Waals surface area contributed by atoms with E-state index in [1.165, 1.54) is 0 Å². The van der Waals surface area contributed by atoms with Crippen LogP contribution in [-0.2, 0) is 0 Å². The van der Waals surface area contributed by atoms with Crippen LogP contribution in [0.25, 0.3) is 56.2 Å². The molecule has 0 fully saturated rings. The highest BCUT2D eigenvalue weighted by atomic mass is 16.5. The first-order valence-electron chi connectivity index (χ1n) is 16.7. The Kier molecular flexibility index (Phi) is 7.45. The van der Waals surface area contributed by atoms with E-state index in [2.05, 4.69) is 144 Å². The number of nitrogens with zero attached hydrogens (tertiary/aromatic N) is 3. The third kappa shape index (κ3) is 5.59. The van der Waals surface area contributed by atoms with Crippen molar-refractivity contribution in [2.24, 2.45) is 0 Å². The summed E-state index contributed by atoms with van der Waals surface area (Å²) in [6, 6.07) is 64.8. The van der Waals surface area contributed by atoms with E-state index in [9.17, 15) is 0 Å². The molecule has 1 aliphatic rings. The average Bonchev–Trinajstić information content (AvgIpc) is 3.20. The summed E-state index contributed by atoms with van der Waals surface area (Å²) in [7, 11) is 0. The molecule has 4 nitrogen and oxygen atoms in total. The van der Waals surface area contributed by atoms with Gasteiger partial charge in [-0.2, -0.15) is 0 Å². The molecule has 0 atom stereocenters. The van der Waals surface area contributed by atoms with E-state index < -0.39 is 0 Å². The highest BCUT2D eigenvalue weighted by Crippen LogP contribution is 2.52. The van der Waals surface area contributed by atoms with Crippen LogP contribution < -0.4 is 9.64 Å². The maximum atomic E-state index is 6.73. The van der Waals surface area contributed by atoms with Gasteiger partial charge in [0.1, 0.15) is 0 Å². The predicted molar refractivity (Wildman–Crippen MR) is 204 cm³/mol. The standard InChI is InChI=1S/C46H31N3O/c1-5-14-32(15-6-1)36-24-26-42-44(29-36)50-45-30-37(25-27-43(45)49(42)39-22-11-4-12-23-39)35-20-13-21-38(28-35)46-47-40(33-16-7-2-8-17-33)31-41(48-46)34-18-9-3-10-19-34/h1-31H. The minimum atomic E-state index is 0.680. The quantitative estimate of drug-likeness (QED) is 0.181. The van der Waals surface area contributed by atoms with E-state index in [1.807, 2.05) is 48.5 Å². The number of hydrogen-bond donors (Lipinski definition) is 0. The number of anilines is 3. The first kappa shape index (κ1) is 29.4. The van der Waals surface area contributed by atoms with E-state index in [-0.39, 0.29) is 0 Å². The lowest BCUT2D eigenvalue weighted by atomic mass is 9.99. The monoisotopic (exact) mass is 641 g/mol. The Balaban J connectivity index is 1.13. The summed E-state index contributed by atoms with van der Waals surface area (Å²) in [5.74, 6) is 2.29. The van der Waals surface area contributed by atoms with Crippen LogP contribution in [0, 0.1) is 0 Å². The molecule has 9 rings (SSSR count). The molecule has 0 aliphatic carbocycles. The molecule has 7 aromatic carbocycles. The van der Waals surface area contributed by atoms with Gasteiger partial charge < -0.3 is 9.64 Å². The molecule has 0 N–H and O–H groups in total. The zero-order valence-corrected chi connectivity index (χ0v) is 27.1. The summed E-state index contributed by atoms with van der Waals surface area (Å²) in [5.41, 5.74) is 12.2. The van der Waals surface area contributed by atoms with E-state index in [0.29, 0.717) is 5.82 Å². The summed E-state index contributed by atoms with van der Waals surface area (Å²) in [4.78, 5) is 12.4. The van der Waals surface area contributed by atoms with Gasteiger partial charge >= 0.3 is 0 Å². The first-order valence-corrected chi connectivity index (χ1v) is 16.7. The molecule has 0 saturated heterocycles. The second kappa shape index (κ2) is 12.7. The van der Waals surface area contributed by atoms with E-state index in [1.54, 1.807) is 0 Å². The Morgan fingerprint density at radius 3 is 1.34 bits per heavy atom. The molecule has 0 saturated carbocycles. The van der Waals surface area contributed by atoms with Crippen molar-refractivity contribution in [2.75, 3.05) is 4.90 Å². The fourth-order valence-electron chi connectivity index (χ4n) is 6.58. The highest BCUT2D eigenvalue weighted by molar-refractivity contribution is 5.89. The van der Waals surface area contributed by atoms with Crippen LogP contribution in [0.1, 0.15) is 0 Å². The molecule has 4 heteroatoms. The third-order valence-electron chi connectivity index (χ3n) is 9.06. The number of fused-ring (bicyclic) bond motifs is 2. The molecular weight excluding hydrogens is 611 g/mol. The number of rotatable bonds is 6. The smallest absolute Gasteiger partial charge is 0.160 e. The molecular formula is C46H31N3O. The SMILES string of the molecule is c1ccc(-c2ccc3c(c2)Oc2cc(-c4cccc(-c5nc(-c6ccccc6)cc(-c6ccccc6)n5)c4)ccc2N3c2ccccc2)cc1. The Hall–Kier alpha value is -6.78. The van der Waals surface area contributed by atoms with Gasteiger partial charge in [-0.05, 0) is 70.8 Å². The largest absolute Gasteiger partial charge is 0.453 e. The first-order chi connectivity index (χ1) is 24.8. The number of aromatic nitrogens is 2. The van der Waals surface area contributed by atoms with Gasteiger partial charge in [-0.1, -0.05) is 140 Å². The Labute approximate surface area is 291 Å². The molecule has 8 aromatic rings. The maximum Gasteiger partial charge on any atom is 0.160 e. The van der Waals surface area contributed by atoms with Crippen molar-refractivity contribution in [3.8, 4) is 67.7 Å². The topological polar surface area (TPSA) is 38.3 Å². The third-order valence-corrected chi connectivity index (χ3v) is 9.06. The van der Waals surface area contributed by atoms with Crippen molar-refractivity contribution in [2.45, 2.75) is 0 Å². The Morgan fingerprint density at radius 2 is 0.780 bits per heavy atom. The molecule has 50 heavy (non-hydrogen) atoms. The normalized spacial score (nSPS) is 11.7. The summed E-state index contributed by atoms with van der Waals surface area (Å²) < 4.78 is 6.73. The second-order valence-corrected chi connectivity index (χ2v) is 12.3. The van der Waals surface area contributed by atoms with Gasteiger partial charge in [0.25, 0.3) is 0 Å². The van der Waals surface area contributed by atoms with E-state index in [4.69, 9.17) is 14.7 Å². The fourth-order valence-corrected chi connectivity index (χ4v) is 6.58. The van der Waals surface area contributed by atoms with Crippen LogP contribution >= 0.6 is 0 Å². The molecule has 2 heterocycles. The molecule has 1 aliphatic heterocycles. The zero-order chi connectivity index (χ0) is 33.3. The van der Waals surface area contributed by atoms with Gasteiger partial charge in [0.2, 0.25) is 0 Å². The van der Waals surface area contributed by atoms with Gasteiger partial charge in [0, 0.05) is 22.4 Å². The van der Waals surface area contributed by atoms with Crippen molar-refractivity contribution < 1.29 is 4.74 Å². The molecule has 0 bridgehead atoms. The number of para-hydroxylation sites is 1. The fraction of sp³-hybridized carbons (Fsp3) is 0. The van der Waals surface area contributed by atoms with Crippen molar-refractivity contribution >= 4 is 17.1 Å². The summed E-state index contributed by atoms with van der Waals surface area (Å²) in [6.45, 7) is 0. The Morgan fingerprint density at radius 1 is 0.340 bits per heavy atom. The van der Waals surface area contributed by atoms with Crippen molar-refractivity contribution in [3.05, 3.63) is 188 Å². The van der Waals surface area contributed by atoms with Gasteiger partial charge in [-0.15, -0.1) is 0 Å². The molecule has 0 spiro atoms. The predicted octanol–water partition coefficient (Wildman–Crippen LogP) is 12.4. The van der Waals surface area contributed by atoms with Gasteiger partial charge in [-0.25, -0.2) is 9.97 Å². The van der Waals surface area contributed by atoms with E-state index >= 15 is 0 Å². The minimum Gasteiger partial charge on any atom is -0.453 e. The molecule has 236 valence electrons. The van der Waals surface area contributed by atoms with Crippen LogP contribution in [0.2, 0.25) is 0 Å². The number of hydrogen-bond acceptors (Lipinski definition) is 4. The van der Waals surface area contributed by atoms with Crippen LogP contribution in [0.3, 0.4) is 0 Å². The molecule has 0 amide bonds.